The van der Waals surface area contributed by atoms with Crippen LogP contribution in [-0.2, 0) is 9.53 Å². The van der Waals surface area contributed by atoms with E-state index in [1.165, 1.54) is 19.2 Å². The molecule has 0 amide bonds. The summed E-state index contributed by atoms with van der Waals surface area (Å²) in [6.07, 6.45) is 0. The maximum Gasteiger partial charge on any atom is 0.324 e. The molecular weight excluding hydrogens is 251 g/mol. The summed E-state index contributed by atoms with van der Waals surface area (Å²) < 4.78 is 17.3. The number of carbonyl (C=O) groups is 1. The molecule has 0 aromatic heterocycles. The zero-order chi connectivity index (χ0) is 10.7. The van der Waals surface area contributed by atoms with Gasteiger partial charge >= 0.3 is 5.97 Å². The molecule has 76 valence electrons. The number of ether oxygens (including phenoxy) is 1. The number of alkyl halides is 1. The van der Waals surface area contributed by atoms with Crippen molar-refractivity contribution in [2.24, 2.45) is 0 Å². The molecule has 4 heteroatoms. The van der Waals surface area contributed by atoms with E-state index in [-0.39, 0.29) is 11.8 Å². The highest BCUT2D eigenvalue weighted by molar-refractivity contribution is 9.09. The summed E-state index contributed by atoms with van der Waals surface area (Å²) in [7, 11) is 1.31. The maximum absolute atomic E-state index is 12.8. The van der Waals surface area contributed by atoms with Gasteiger partial charge in [-0.05, 0) is 30.2 Å². The average Bonchev–Trinajstić information content (AvgIpc) is 2.15. The van der Waals surface area contributed by atoms with E-state index in [1.54, 1.807) is 13.0 Å². The lowest BCUT2D eigenvalue weighted by Crippen LogP contribution is -2.09. The predicted octanol–water partition coefficient (Wildman–Crippen LogP) is 2.74. The van der Waals surface area contributed by atoms with Gasteiger partial charge < -0.3 is 4.74 Å². The molecule has 1 aromatic carbocycles. The summed E-state index contributed by atoms with van der Waals surface area (Å²) in [6.45, 7) is 1.75. The largest absolute Gasteiger partial charge is 0.468 e. The highest BCUT2D eigenvalue weighted by atomic mass is 79.9. The van der Waals surface area contributed by atoms with Crippen molar-refractivity contribution in [2.75, 3.05) is 7.11 Å². The Hall–Kier alpha value is -0.900. The molecule has 0 aliphatic carbocycles. The van der Waals surface area contributed by atoms with E-state index in [0.29, 0.717) is 0 Å². The molecule has 0 radical (unpaired) electrons. The van der Waals surface area contributed by atoms with Crippen molar-refractivity contribution in [1.82, 2.24) is 0 Å². The minimum Gasteiger partial charge on any atom is -0.468 e. The first-order chi connectivity index (χ1) is 6.56. The second-order valence-corrected chi connectivity index (χ2v) is 3.80. The molecule has 1 aromatic rings. The normalized spacial score (nSPS) is 12.3. The number of methoxy groups -OCH3 is 1. The molecule has 2 nitrogen and oxygen atoms in total. The summed E-state index contributed by atoms with van der Waals surface area (Å²) in [5.41, 5.74) is 1.44. The van der Waals surface area contributed by atoms with Gasteiger partial charge in [-0.3, -0.25) is 4.79 Å². The Kier molecular flexibility index (Phi) is 3.63. The van der Waals surface area contributed by atoms with Gasteiger partial charge in [0.25, 0.3) is 0 Å². The van der Waals surface area contributed by atoms with Crippen LogP contribution in [0.1, 0.15) is 16.0 Å². The van der Waals surface area contributed by atoms with Gasteiger partial charge in [0.15, 0.2) is 0 Å². The Morgan fingerprint density at radius 2 is 2.21 bits per heavy atom. The first-order valence-corrected chi connectivity index (χ1v) is 4.95. The molecule has 1 atom stereocenters. The molecule has 0 fully saturated rings. The van der Waals surface area contributed by atoms with E-state index in [1.807, 2.05) is 0 Å². The fraction of sp³-hybridized carbons (Fsp3) is 0.300. The molecule has 0 N–H and O–H groups in total. The number of aryl methyl sites for hydroxylation is 1. The van der Waals surface area contributed by atoms with Crippen LogP contribution < -0.4 is 0 Å². The quantitative estimate of drug-likeness (QED) is 0.604. The Morgan fingerprint density at radius 3 is 2.71 bits per heavy atom. The van der Waals surface area contributed by atoms with Crippen molar-refractivity contribution in [3.8, 4) is 0 Å². The first kappa shape index (κ1) is 11.2. The van der Waals surface area contributed by atoms with Crippen molar-refractivity contribution in [3.05, 3.63) is 35.1 Å². The summed E-state index contributed by atoms with van der Waals surface area (Å²) >= 11 is 3.19. The highest BCUT2D eigenvalue weighted by Crippen LogP contribution is 2.27. The predicted molar refractivity (Wildman–Crippen MR) is 54.8 cm³/mol. The smallest absolute Gasteiger partial charge is 0.324 e. The van der Waals surface area contributed by atoms with Crippen molar-refractivity contribution in [2.45, 2.75) is 11.8 Å². The Bertz CT molecular complexity index is 352. The number of hydrogen-bond acceptors (Lipinski definition) is 2. The molecule has 1 rings (SSSR count). The summed E-state index contributed by atoms with van der Waals surface area (Å²) in [5.74, 6) is -0.699. The van der Waals surface area contributed by atoms with Crippen LogP contribution in [0.3, 0.4) is 0 Å². The molecule has 0 heterocycles. The zero-order valence-electron chi connectivity index (χ0n) is 7.88. The minimum absolute atomic E-state index is 0.309. The summed E-state index contributed by atoms with van der Waals surface area (Å²) in [6, 6.07) is 4.27. The van der Waals surface area contributed by atoms with Gasteiger partial charge in [-0.15, -0.1) is 0 Å². The molecule has 14 heavy (non-hydrogen) atoms. The molecule has 0 bridgehead atoms. The maximum atomic E-state index is 12.8. The molecular formula is C10H10BrFO2. The second kappa shape index (κ2) is 4.55. The van der Waals surface area contributed by atoms with Gasteiger partial charge in [-0.25, -0.2) is 4.39 Å². The van der Waals surface area contributed by atoms with Crippen LogP contribution in [0, 0.1) is 12.7 Å². The van der Waals surface area contributed by atoms with Gasteiger partial charge in [0, 0.05) is 0 Å². The Labute approximate surface area is 90.2 Å². The van der Waals surface area contributed by atoms with Gasteiger partial charge in [0.1, 0.15) is 10.6 Å². The lowest BCUT2D eigenvalue weighted by atomic mass is 10.1. The third-order valence-corrected chi connectivity index (χ3v) is 2.78. The molecule has 0 aliphatic rings. The molecule has 0 aliphatic heterocycles. The lowest BCUT2D eigenvalue weighted by Gasteiger charge is -2.10. The van der Waals surface area contributed by atoms with Crippen LogP contribution in [0.2, 0.25) is 0 Å². The first-order valence-electron chi connectivity index (χ1n) is 4.04. The lowest BCUT2D eigenvalue weighted by molar-refractivity contribution is -0.139. The van der Waals surface area contributed by atoms with Gasteiger partial charge in [-0.2, -0.15) is 0 Å². The number of halogens is 2. The minimum atomic E-state index is -0.534. The number of benzene rings is 1. The van der Waals surface area contributed by atoms with Crippen molar-refractivity contribution in [1.29, 1.82) is 0 Å². The van der Waals surface area contributed by atoms with Gasteiger partial charge in [0.05, 0.1) is 7.11 Å². The Morgan fingerprint density at radius 1 is 1.57 bits per heavy atom. The zero-order valence-corrected chi connectivity index (χ0v) is 9.47. The average molecular weight is 261 g/mol. The number of esters is 1. The van der Waals surface area contributed by atoms with Crippen LogP contribution in [0.5, 0.6) is 0 Å². The van der Waals surface area contributed by atoms with Crippen LogP contribution in [0.4, 0.5) is 4.39 Å². The Balaban J connectivity index is 3.01. The second-order valence-electron chi connectivity index (χ2n) is 2.89. The number of carbonyl (C=O) groups excluding carboxylic acids is 1. The van der Waals surface area contributed by atoms with Crippen molar-refractivity contribution in [3.63, 3.8) is 0 Å². The third-order valence-electron chi connectivity index (χ3n) is 1.91. The molecule has 1 unspecified atom stereocenters. The topological polar surface area (TPSA) is 26.3 Å². The highest BCUT2D eigenvalue weighted by Gasteiger charge is 2.19. The molecule has 0 saturated carbocycles. The standard InChI is InChI=1S/C10H10BrFO2/c1-6-5-7(12)3-4-8(6)9(11)10(13)14-2/h3-5,9H,1-2H3. The van der Waals surface area contributed by atoms with E-state index >= 15 is 0 Å². The van der Waals surface area contributed by atoms with E-state index in [4.69, 9.17) is 0 Å². The van der Waals surface area contributed by atoms with E-state index in [2.05, 4.69) is 20.7 Å². The third kappa shape index (κ3) is 2.32. The molecule has 0 saturated heterocycles. The van der Waals surface area contributed by atoms with Gasteiger partial charge in [-0.1, -0.05) is 22.0 Å². The van der Waals surface area contributed by atoms with E-state index in [9.17, 15) is 9.18 Å². The fourth-order valence-electron chi connectivity index (χ4n) is 1.15. The van der Waals surface area contributed by atoms with Crippen LogP contribution in [0.15, 0.2) is 18.2 Å². The SMILES string of the molecule is COC(=O)C(Br)c1ccc(F)cc1C. The van der Waals surface area contributed by atoms with Crippen LogP contribution >= 0.6 is 15.9 Å². The van der Waals surface area contributed by atoms with E-state index in [0.717, 1.165) is 11.1 Å². The summed E-state index contributed by atoms with van der Waals surface area (Å²) in [4.78, 5) is 10.7. The monoisotopic (exact) mass is 260 g/mol. The van der Waals surface area contributed by atoms with Crippen molar-refractivity contribution >= 4 is 21.9 Å². The number of hydrogen-bond donors (Lipinski definition) is 0. The van der Waals surface area contributed by atoms with E-state index < -0.39 is 4.83 Å². The molecule has 0 spiro atoms. The fourth-order valence-corrected chi connectivity index (χ4v) is 1.85. The summed E-state index contributed by atoms with van der Waals surface area (Å²) in [5, 5.41) is 0. The number of rotatable bonds is 2. The van der Waals surface area contributed by atoms with Crippen molar-refractivity contribution < 1.29 is 13.9 Å². The van der Waals surface area contributed by atoms with Crippen LogP contribution in [-0.4, -0.2) is 13.1 Å². The van der Waals surface area contributed by atoms with Crippen LogP contribution in [0.25, 0.3) is 0 Å². The van der Waals surface area contributed by atoms with Gasteiger partial charge in [0.2, 0.25) is 0 Å².